The van der Waals surface area contributed by atoms with Crippen LogP contribution in [0.25, 0.3) is 22.9 Å². The number of nitrogens with zero attached hydrogens (tertiary/aromatic N) is 7. The Kier molecular flexibility index (Phi) is 8.05. The molecule has 45 heavy (non-hydrogen) atoms. The third-order valence-corrected chi connectivity index (χ3v) is 7.99. The highest BCUT2D eigenvalue weighted by Crippen LogP contribution is 2.37. The minimum Gasteiger partial charge on any atom is -0.478 e. The van der Waals surface area contributed by atoms with Gasteiger partial charge in [0.25, 0.3) is 0 Å². The number of carbonyl (C=O) groups is 3. The maximum absolute atomic E-state index is 15.2. The number of tetrazole rings is 1. The van der Waals surface area contributed by atoms with E-state index >= 15 is 4.39 Å². The van der Waals surface area contributed by atoms with Gasteiger partial charge in [0.1, 0.15) is 12.4 Å². The molecule has 6 rings (SSSR count). The van der Waals surface area contributed by atoms with E-state index in [0.717, 1.165) is 16.7 Å². The van der Waals surface area contributed by atoms with Crippen molar-refractivity contribution in [2.75, 3.05) is 6.54 Å². The largest absolute Gasteiger partial charge is 0.478 e. The van der Waals surface area contributed by atoms with E-state index in [4.69, 9.17) is 11.6 Å². The van der Waals surface area contributed by atoms with Crippen LogP contribution in [-0.4, -0.2) is 64.2 Å². The Labute approximate surface area is 261 Å². The Morgan fingerprint density at radius 3 is 2.60 bits per heavy atom. The molecule has 3 aromatic carbocycles. The van der Waals surface area contributed by atoms with Crippen LogP contribution < -0.4 is 0 Å². The number of benzene rings is 3. The topological polar surface area (TPSA) is 136 Å². The number of Topliss-reactive ketones (excluding diaryl/α,β-unsaturated/α-hetero) is 1. The highest BCUT2D eigenvalue weighted by molar-refractivity contribution is 6.31. The molecule has 0 bridgehead atoms. The molecule has 0 radical (unpaired) electrons. The first-order valence-electron chi connectivity index (χ1n) is 13.9. The zero-order valence-electron chi connectivity index (χ0n) is 23.8. The second kappa shape index (κ2) is 12.2. The number of aromatic carboxylic acids is 1. The average Bonchev–Trinajstić information content (AvgIpc) is 3.73. The van der Waals surface area contributed by atoms with Crippen LogP contribution in [0.1, 0.15) is 38.7 Å². The molecule has 0 spiro atoms. The van der Waals surface area contributed by atoms with Crippen LogP contribution in [0.3, 0.4) is 0 Å². The smallest absolute Gasteiger partial charge is 0.335 e. The third-order valence-electron chi connectivity index (χ3n) is 7.70. The van der Waals surface area contributed by atoms with Crippen molar-refractivity contribution in [2.24, 2.45) is 7.05 Å². The van der Waals surface area contributed by atoms with E-state index < -0.39 is 23.7 Å². The SMILES string of the molecule is Cn1cc(-c2cccc3c2CCN(C(=O)/C=C/c2c(-n4cnnn4)ccc(Cl)c2F)C3C(=O)Cc2ccc(C(=O)O)cc2)cn1. The fourth-order valence-corrected chi connectivity index (χ4v) is 5.75. The molecule has 13 heteroatoms. The van der Waals surface area contributed by atoms with Crippen molar-refractivity contribution in [3.05, 3.63) is 118 Å². The molecule has 0 saturated carbocycles. The lowest BCUT2D eigenvalue weighted by molar-refractivity contribution is -0.136. The molecule has 0 aliphatic carbocycles. The Balaban J connectivity index is 1.38. The number of aromatic nitrogens is 6. The molecule has 1 aliphatic rings. The molecule has 226 valence electrons. The molecular formula is C32H25ClFN7O4. The van der Waals surface area contributed by atoms with Crippen LogP contribution in [0.2, 0.25) is 5.02 Å². The van der Waals surface area contributed by atoms with Gasteiger partial charge in [-0.2, -0.15) is 9.78 Å². The quantitative estimate of drug-likeness (QED) is 0.249. The highest BCUT2D eigenvalue weighted by atomic mass is 35.5. The van der Waals surface area contributed by atoms with Crippen molar-refractivity contribution in [3.8, 4) is 16.8 Å². The van der Waals surface area contributed by atoms with Gasteiger partial charge in [0.2, 0.25) is 5.91 Å². The van der Waals surface area contributed by atoms with E-state index in [1.54, 1.807) is 23.0 Å². The summed E-state index contributed by atoms with van der Waals surface area (Å²) >= 11 is 6.05. The van der Waals surface area contributed by atoms with Gasteiger partial charge in [-0.25, -0.2) is 9.18 Å². The van der Waals surface area contributed by atoms with Crippen molar-refractivity contribution >= 4 is 35.3 Å². The molecular weight excluding hydrogens is 601 g/mol. The van der Waals surface area contributed by atoms with Crippen LogP contribution in [-0.2, 0) is 29.5 Å². The summed E-state index contributed by atoms with van der Waals surface area (Å²) in [5.41, 5.74) is 4.39. The molecule has 0 saturated heterocycles. The number of amides is 1. The molecule has 1 aliphatic heterocycles. The van der Waals surface area contributed by atoms with Gasteiger partial charge in [0, 0.05) is 43.4 Å². The average molecular weight is 626 g/mol. The molecule has 1 atom stereocenters. The van der Waals surface area contributed by atoms with Crippen LogP contribution in [0.4, 0.5) is 4.39 Å². The number of ketones is 1. The first-order valence-corrected chi connectivity index (χ1v) is 14.2. The van der Waals surface area contributed by atoms with Gasteiger partial charge in [-0.3, -0.25) is 14.3 Å². The first kappa shape index (κ1) is 29.6. The minimum atomic E-state index is -1.07. The van der Waals surface area contributed by atoms with Gasteiger partial charge in [-0.1, -0.05) is 41.9 Å². The van der Waals surface area contributed by atoms with E-state index in [-0.39, 0.29) is 40.6 Å². The van der Waals surface area contributed by atoms with Gasteiger partial charge in [-0.15, -0.1) is 5.10 Å². The lowest BCUT2D eigenvalue weighted by Gasteiger charge is -2.37. The maximum Gasteiger partial charge on any atom is 0.335 e. The maximum atomic E-state index is 15.2. The van der Waals surface area contributed by atoms with Crippen LogP contribution in [0.5, 0.6) is 0 Å². The molecule has 1 amide bonds. The first-order chi connectivity index (χ1) is 21.7. The van der Waals surface area contributed by atoms with E-state index in [2.05, 4.69) is 20.6 Å². The summed E-state index contributed by atoms with van der Waals surface area (Å²) in [5.74, 6) is -2.59. The standard InChI is InChI=1S/C32H25ClFN7O4/c1-39-17-21(16-36-39)22-3-2-4-24-23(22)13-14-40(31(24)28(42)15-19-5-7-20(8-6-19)32(44)45)29(43)12-9-25-27(41-18-35-37-38-41)11-10-26(33)30(25)34/h2-12,16-18,31H,13-15H2,1H3,(H,44,45)/b12-9+. The van der Waals surface area contributed by atoms with Crippen molar-refractivity contribution in [3.63, 3.8) is 0 Å². The molecule has 1 unspecified atom stereocenters. The van der Waals surface area contributed by atoms with E-state index in [9.17, 15) is 19.5 Å². The van der Waals surface area contributed by atoms with Crippen LogP contribution in [0.15, 0.2) is 79.4 Å². The molecule has 5 aromatic rings. The summed E-state index contributed by atoms with van der Waals surface area (Å²) in [6.45, 7) is 0.222. The number of aryl methyl sites for hydroxylation is 1. The van der Waals surface area contributed by atoms with Crippen LogP contribution in [0, 0.1) is 5.82 Å². The van der Waals surface area contributed by atoms with Crippen molar-refractivity contribution in [1.82, 2.24) is 34.9 Å². The molecule has 0 fully saturated rings. The minimum absolute atomic E-state index is 0.000759. The third kappa shape index (κ3) is 5.87. The van der Waals surface area contributed by atoms with E-state index in [0.29, 0.717) is 17.5 Å². The number of hydrogen-bond donors (Lipinski definition) is 1. The molecule has 11 nitrogen and oxygen atoms in total. The predicted molar refractivity (Wildman–Crippen MR) is 162 cm³/mol. The molecule has 3 heterocycles. The number of carboxylic acids is 1. The summed E-state index contributed by atoms with van der Waals surface area (Å²) in [6, 6.07) is 13.6. The monoisotopic (exact) mass is 625 g/mol. The zero-order valence-corrected chi connectivity index (χ0v) is 24.6. The number of hydrogen-bond acceptors (Lipinski definition) is 7. The van der Waals surface area contributed by atoms with E-state index in [1.165, 1.54) is 52.3 Å². The second-order valence-electron chi connectivity index (χ2n) is 10.5. The van der Waals surface area contributed by atoms with Gasteiger partial charge in [0.15, 0.2) is 11.6 Å². The van der Waals surface area contributed by atoms with Crippen molar-refractivity contribution in [1.29, 1.82) is 0 Å². The summed E-state index contributed by atoms with van der Waals surface area (Å²) in [7, 11) is 1.82. The molecule has 2 aromatic heterocycles. The Hall–Kier alpha value is -5.49. The number of rotatable bonds is 8. The van der Waals surface area contributed by atoms with Gasteiger partial charge in [-0.05, 0) is 69.4 Å². The van der Waals surface area contributed by atoms with Gasteiger partial charge >= 0.3 is 5.97 Å². The molecule has 1 N–H and O–H groups in total. The summed E-state index contributed by atoms with van der Waals surface area (Å²) in [6.07, 6.45) is 7.87. The number of carbonyl (C=O) groups excluding carboxylic acids is 2. The lowest BCUT2D eigenvalue weighted by Crippen LogP contribution is -2.43. The lowest BCUT2D eigenvalue weighted by atomic mass is 9.84. The highest BCUT2D eigenvalue weighted by Gasteiger charge is 2.36. The van der Waals surface area contributed by atoms with Crippen molar-refractivity contribution in [2.45, 2.75) is 18.9 Å². The summed E-state index contributed by atoms with van der Waals surface area (Å²) in [5, 5.41) is 24.4. The number of halogens is 2. The Morgan fingerprint density at radius 2 is 1.91 bits per heavy atom. The van der Waals surface area contributed by atoms with Gasteiger partial charge < -0.3 is 10.0 Å². The normalized spacial score (nSPS) is 14.5. The number of fused-ring (bicyclic) bond motifs is 1. The summed E-state index contributed by atoms with van der Waals surface area (Å²) < 4.78 is 18.1. The Morgan fingerprint density at radius 1 is 1.11 bits per heavy atom. The Bertz CT molecular complexity index is 1950. The van der Waals surface area contributed by atoms with Crippen LogP contribution >= 0.6 is 11.6 Å². The fraction of sp³-hybridized carbons (Fsp3) is 0.156. The summed E-state index contributed by atoms with van der Waals surface area (Å²) in [4.78, 5) is 40.7. The van der Waals surface area contributed by atoms with Crippen molar-refractivity contribution < 1.29 is 23.9 Å². The zero-order chi connectivity index (χ0) is 31.7. The van der Waals surface area contributed by atoms with Gasteiger partial charge in [0.05, 0.1) is 22.5 Å². The fourth-order valence-electron chi connectivity index (χ4n) is 5.58. The second-order valence-corrected chi connectivity index (χ2v) is 10.9. The predicted octanol–water partition coefficient (Wildman–Crippen LogP) is 4.50. The number of carboxylic acid groups (broad SMARTS) is 1. The van der Waals surface area contributed by atoms with E-state index in [1.807, 2.05) is 31.4 Å².